The number of hydrogen-bond acceptors (Lipinski definition) is 6. The van der Waals surface area contributed by atoms with Gasteiger partial charge >= 0.3 is 0 Å². The van der Waals surface area contributed by atoms with Gasteiger partial charge in [-0.1, -0.05) is 36.1 Å². The normalized spacial score (nSPS) is 22.1. The predicted molar refractivity (Wildman–Crippen MR) is 185 cm³/mol. The fourth-order valence-electron chi connectivity index (χ4n) is 7.74. The molecule has 2 atom stereocenters. The Balaban J connectivity index is 0.938. The van der Waals surface area contributed by atoms with E-state index in [-0.39, 0.29) is 35.7 Å². The van der Waals surface area contributed by atoms with E-state index >= 15 is 0 Å². The Hall–Kier alpha value is -4.72. The molecule has 6 heterocycles. The molecule has 0 aliphatic carbocycles. The van der Waals surface area contributed by atoms with Gasteiger partial charge in [0, 0.05) is 62.5 Å². The van der Waals surface area contributed by atoms with E-state index < -0.39 is 0 Å². The molecule has 8 rings (SSSR count). The number of aromatic amines is 2. The van der Waals surface area contributed by atoms with E-state index in [9.17, 15) is 9.59 Å². The number of carbonyl (C=O) groups excluding carboxylic acids is 2. The molecule has 2 amide bonds. The van der Waals surface area contributed by atoms with Crippen molar-refractivity contribution in [2.75, 3.05) is 39.5 Å². The molecule has 0 bridgehead atoms. The summed E-state index contributed by atoms with van der Waals surface area (Å²) in [5.41, 5.74) is 6.55. The second kappa shape index (κ2) is 13.7. The lowest BCUT2D eigenvalue weighted by atomic mass is 9.98. The fraction of sp³-hybridized carbons (Fsp3) is 0.436. The first-order chi connectivity index (χ1) is 24.0. The molecule has 0 radical (unpaired) electrons. The summed E-state index contributed by atoms with van der Waals surface area (Å²) in [6.45, 7) is 8.16. The van der Waals surface area contributed by atoms with E-state index in [0.717, 1.165) is 95.7 Å². The van der Waals surface area contributed by atoms with Gasteiger partial charge in [0.25, 0.3) is 0 Å². The zero-order valence-corrected chi connectivity index (χ0v) is 27.7. The maximum Gasteiger partial charge on any atom is 0.226 e. The van der Waals surface area contributed by atoms with Crippen molar-refractivity contribution >= 4 is 22.8 Å². The number of carbonyl (C=O) groups is 2. The average molecular weight is 659 g/mol. The van der Waals surface area contributed by atoms with E-state index in [0.29, 0.717) is 39.4 Å². The zero-order chi connectivity index (χ0) is 33.3. The third-order valence-corrected chi connectivity index (χ3v) is 10.5. The highest BCUT2D eigenvalue weighted by molar-refractivity contribution is 5.81. The molecule has 2 aromatic carbocycles. The van der Waals surface area contributed by atoms with Crippen LogP contribution in [-0.4, -0.2) is 81.1 Å². The lowest BCUT2D eigenvalue weighted by molar-refractivity contribution is -0.140. The first-order valence-corrected chi connectivity index (χ1v) is 17.6. The summed E-state index contributed by atoms with van der Waals surface area (Å²) in [6, 6.07) is 14.0. The average Bonchev–Trinajstić information content (AvgIpc) is 3.97. The highest BCUT2D eigenvalue weighted by Gasteiger charge is 2.38. The van der Waals surface area contributed by atoms with Crippen molar-refractivity contribution in [3.8, 4) is 23.1 Å². The number of nitrogens with one attached hydrogen (secondary N) is 2. The van der Waals surface area contributed by atoms with Gasteiger partial charge in [0.15, 0.2) is 0 Å². The SMILES string of the molecule is C=C1C[C@@H](c2nc3ccc(C#Cc4ccc(-c5cnc([C@@H]6CCCN6C(=O)C6CCOCC6)[nH]5)cc4)cc3[nH]2)N(C(=O)C2CCOCC2)C1. The van der Waals surface area contributed by atoms with Gasteiger partial charge in [-0.05, 0) is 80.8 Å². The summed E-state index contributed by atoms with van der Waals surface area (Å²) < 4.78 is 10.9. The van der Waals surface area contributed by atoms with Crippen LogP contribution in [0, 0.1) is 23.7 Å². The molecule has 10 nitrogen and oxygen atoms in total. The third kappa shape index (κ3) is 6.53. The Labute approximate surface area is 286 Å². The van der Waals surface area contributed by atoms with Gasteiger partial charge in [0.2, 0.25) is 11.8 Å². The van der Waals surface area contributed by atoms with Crippen LogP contribution in [0.4, 0.5) is 0 Å². The number of amides is 2. The van der Waals surface area contributed by atoms with Gasteiger partial charge in [0.05, 0.1) is 35.0 Å². The molecule has 4 saturated heterocycles. The van der Waals surface area contributed by atoms with Gasteiger partial charge in [0.1, 0.15) is 11.6 Å². The van der Waals surface area contributed by atoms with E-state index in [2.05, 4.69) is 28.4 Å². The Morgan fingerprint density at radius 1 is 0.796 bits per heavy atom. The van der Waals surface area contributed by atoms with Crippen LogP contribution in [0.5, 0.6) is 0 Å². The second-order valence-corrected chi connectivity index (χ2v) is 13.8. The van der Waals surface area contributed by atoms with Crippen LogP contribution in [0.25, 0.3) is 22.3 Å². The minimum Gasteiger partial charge on any atom is -0.381 e. The highest BCUT2D eigenvalue weighted by atomic mass is 16.5. The Bertz CT molecular complexity index is 1920. The van der Waals surface area contributed by atoms with Crippen molar-refractivity contribution in [1.29, 1.82) is 0 Å². The van der Waals surface area contributed by atoms with Gasteiger partial charge in [-0.2, -0.15) is 0 Å². The molecule has 49 heavy (non-hydrogen) atoms. The van der Waals surface area contributed by atoms with E-state index in [1.165, 1.54) is 0 Å². The summed E-state index contributed by atoms with van der Waals surface area (Å²) in [5, 5.41) is 0. The standard InChI is InChI=1S/C39H42N6O4/c1-25-21-35(45(24-25)39(47)30-14-19-49-20-15-30)37-41-31-11-8-27(22-32(31)42-37)5-4-26-6-9-28(10-7-26)33-23-40-36(43-33)34-3-2-16-44(34)38(46)29-12-17-48-18-13-29/h6-11,22-23,29-30,34-35H,1-3,12-21,24H2,(H,40,43)(H,41,42)/t34-,35-/m0/s1. The quantitative estimate of drug-likeness (QED) is 0.210. The molecule has 0 saturated carbocycles. The number of nitrogens with zero attached hydrogens (tertiary/aromatic N) is 4. The maximum atomic E-state index is 13.4. The molecule has 4 aliphatic heterocycles. The van der Waals surface area contributed by atoms with E-state index in [4.69, 9.17) is 19.4 Å². The van der Waals surface area contributed by atoms with E-state index in [1.807, 2.05) is 58.5 Å². The topological polar surface area (TPSA) is 116 Å². The third-order valence-electron chi connectivity index (χ3n) is 10.5. The largest absolute Gasteiger partial charge is 0.381 e. The van der Waals surface area contributed by atoms with Crippen molar-refractivity contribution in [2.45, 2.75) is 57.0 Å². The highest BCUT2D eigenvalue weighted by Crippen LogP contribution is 2.37. The molecule has 10 heteroatoms. The minimum atomic E-state index is -0.133. The molecule has 0 spiro atoms. The van der Waals surface area contributed by atoms with E-state index in [1.54, 1.807) is 0 Å². The summed E-state index contributed by atoms with van der Waals surface area (Å²) in [7, 11) is 0. The summed E-state index contributed by atoms with van der Waals surface area (Å²) >= 11 is 0. The van der Waals surface area contributed by atoms with Crippen LogP contribution in [0.1, 0.15) is 79.8 Å². The molecule has 2 N–H and O–H groups in total. The molecule has 4 aliphatic rings. The number of H-pyrrole nitrogens is 2. The number of likely N-dealkylation sites (tertiary alicyclic amines) is 2. The smallest absolute Gasteiger partial charge is 0.226 e. The summed E-state index contributed by atoms with van der Waals surface area (Å²) in [6.07, 6.45) is 7.63. The molecular formula is C39H42N6O4. The first-order valence-electron chi connectivity index (χ1n) is 17.6. The van der Waals surface area contributed by atoms with Crippen LogP contribution in [0.15, 0.2) is 60.8 Å². The number of aromatic nitrogens is 4. The molecule has 4 fully saturated rings. The van der Waals surface area contributed by atoms with Crippen LogP contribution >= 0.6 is 0 Å². The number of benzene rings is 2. The molecule has 0 unspecified atom stereocenters. The van der Waals surface area contributed by atoms with Crippen LogP contribution in [0.3, 0.4) is 0 Å². The second-order valence-electron chi connectivity index (χ2n) is 13.8. The van der Waals surface area contributed by atoms with Gasteiger partial charge < -0.3 is 29.2 Å². The number of fused-ring (bicyclic) bond motifs is 1. The Kier molecular flexibility index (Phi) is 8.79. The Morgan fingerprint density at radius 2 is 1.47 bits per heavy atom. The lowest BCUT2D eigenvalue weighted by Gasteiger charge is -2.29. The zero-order valence-electron chi connectivity index (χ0n) is 27.7. The first kappa shape index (κ1) is 31.5. The maximum absolute atomic E-state index is 13.4. The number of hydrogen-bond donors (Lipinski definition) is 2. The Morgan fingerprint density at radius 3 is 2.20 bits per heavy atom. The van der Waals surface area contributed by atoms with Crippen molar-refractivity contribution in [3.63, 3.8) is 0 Å². The molecule has 4 aromatic rings. The minimum absolute atomic E-state index is 0.00138. The van der Waals surface area contributed by atoms with Crippen molar-refractivity contribution < 1.29 is 19.1 Å². The van der Waals surface area contributed by atoms with Crippen LogP contribution in [0.2, 0.25) is 0 Å². The van der Waals surface area contributed by atoms with Crippen molar-refractivity contribution in [2.24, 2.45) is 11.8 Å². The summed E-state index contributed by atoms with van der Waals surface area (Å²) in [4.78, 5) is 47.2. The summed E-state index contributed by atoms with van der Waals surface area (Å²) in [5.74, 6) is 8.71. The predicted octanol–water partition coefficient (Wildman–Crippen LogP) is 5.70. The van der Waals surface area contributed by atoms with Gasteiger partial charge in [-0.3, -0.25) is 9.59 Å². The molecular weight excluding hydrogens is 616 g/mol. The van der Waals surface area contributed by atoms with Crippen molar-refractivity contribution in [1.82, 2.24) is 29.7 Å². The van der Waals surface area contributed by atoms with Gasteiger partial charge in [-0.15, -0.1) is 0 Å². The van der Waals surface area contributed by atoms with Crippen LogP contribution in [-0.2, 0) is 19.1 Å². The number of imidazole rings is 2. The fourth-order valence-corrected chi connectivity index (χ4v) is 7.74. The van der Waals surface area contributed by atoms with Gasteiger partial charge in [-0.25, -0.2) is 9.97 Å². The lowest BCUT2D eigenvalue weighted by Crippen LogP contribution is -2.38. The monoisotopic (exact) mass is 658 g/mol. The van der Waals surface area contributed by atoms with Crippen molar-refractivity contribution in [3.05, 3.63) is 83.6 Å². The van der Waals surface area contributed by atoms with Crippen LogP contribution < -0.4 is 0 Å². The number of ether oxygens (including phenoxy) is 2. The molecule has 252 valence electrons. The number of rotatable bonds is 5. The molecule has 2 aromatic heterocycles.